The van der Waals surface area contributed by atoms with Gasteiger partial charge in [0, 0.05) is 12.5 Å². The molecule has 0 saturated carbocycles. The zero-order valence-electron chi connectivity index (χ0n) is 11.2. The van der Waals surface area contributed by atoms with Crippen molar-refractivity contribution in [2.75, 3.05) is 6.54 Å². The first-order valence-corrected chi connectivity index (χ1v) is 6.45. The molecule has 0 heterocycles. The lowest BCUT2D eigenvalue weighted by Gasteiger charge is -2.18. The summed E-state index contributed by atoms with van der Waals surface area (Å²) in [6, 6.07) is 9.18. The van der Waals surface area contributed by atoms with Crippen molar-refractivity contribution in [2.24, 2.45) is 0 Å². The quantitative estimate of drug-likeness (QED) is 0.738. The average molecular weight is 229 g/mol. The monoisotopic (exact) mass is 229 g/mol. The van der Waals surface area contributed by atoms with Crippen molar-refractivity contribution in [3.05, 3.63) is 35.4 Å². The Morgan fingerprint density at radius 2 is 2.06 bits per heavy atom. The third-order valence-corrected chi connectivity index (χ3v) is 3.01. The van der Waals surface area contributed by atoms with Gasteiger partial charge in [0.25, 0.3) is 0 Å². The van der Waals surface area contributed by atoms with Crippen molar-refractivity contribution >= 4 is 0 Å². The van der Waals surface area contributed by atoms with Gasteiger partial charge >= 0.3 is 0 Å². The van der Waals surface area contributed by atoms with Gasteiger partial charge < -0.3 is 5.32 Å². The molecule has 1 rings (SSSR count). The van der Waals surface area contributed by atoms with E-state index >= 15 is 0 Å². The molecule has 0 aliphatic heterocycles. The van der Waals surface area contributed by atoms with E-state index in [1.807, 2.05) is 6.92 Å². The molecule has 17 heavy (non-hydrogen) atoms. The lowest BCUT2D eigenvalue weighted by Crippen LogP contribution is -2.31. The molecule has 0 aliphatic rings. The minimum Gasteiger partial charge on any atom is -0.314 e. The van der Waals surface area contributed by atoms with Crippen molar-refractivity contribution in [3.63, 3.8) is 0 Å². The molecule has 0 bridgehead atoms. The lowest BCUT2D eigenvalue weighted by molar-refractivity contribution is 0.496. The van der Waals surface area contributed by atoms with Gasteiger partial charge in [-0.15, -0.1) is 11.8 Å². The van der Waals surface area contributed by atoms with Crippen LogP contribution in [0.25, 0.3) is 0 Å². The predicted molar refractivity (Wildman–Crippen MR) is 75.0 cm³/mol. The van der Waals surface area contributed by atoms with Crippen LogP contribution >= 0.6 is 0 Å². The Morgan fingerprint density at radius 1 is 1.29 bits per heavy atom. The number of hydrogen-bond acceptors (Lipinski definition) is 1. The number of aryl methyl sites for hydroxylation is 1. The SMILES string of the molecule is CC#CCCC(Cc1ccccc1C)NCC. The second-order valence-corrected chi connectivity index (χ2v) is 4.35. The molecule has 0 saturated heterocycles. The fourth-order valence-electron chi connectivity index (χ4n) is 2.04. The van der Waals surface area contributed by atoms with Crippen LogP contribution in [0.1, 0.15) is 37.8 Å². The molecule has 1 heteroatoms. The van der Waals surface area contributed by atoms with Gasteiger partial charge in [-0.1, -0.05) is 31.2 Å². The summed E-state index contributed by atoms with van der Waals surface area (Å²) in [5.74, 6) is 6.11. The summed E-state index contributed by atoms with van der Waals surface area (Å²) in [6.45, 7) is 7.28. The van der Waals surface area contributed by atoms with E-state index in [9.17, 15) is 0 Å². The van der Waals surface area contributed by atoms with Crippen LogP contribution in [0.3, 0.4) is 0 Å². The maximum absolute atomic E-state index is 3.55. The standard InChI is InChI=1S/C16H23N/c1-4-6-7-12-16(17-5-2)13-15-11-9-8-10-14(15)3/h8-11,16-17H,5,7,12-13H2,1-3H3. The van der Waals surface area contributed by atoms with Gasteiger partial charge in [0.15, 0.2) is 0 Å². The van der Waals surface area contributed by atoms with Crippen LogP contribution in [0.2, 0.25) is 0 Å². The van der Waals surface area contributed by atoms with Crippen LogP contribution in [0.4, 0.5) is 0 Å². The van der Waals surface area contributed by atoms with E-state index in [-0.39, 0.29) is 0 Å². The molecule has 1 aromatic rings. The molecule has 1 nitrogen and oxygen atoms in total. The Bertz CT molecular complexity index is 384. The molecule has 1 unspecified atom stereocenters. The van der Waals surface area contributed by atoms with Gasteiger partial charge in [-0.25, -0.2) is 0 Å². The summed E-state index contributed by atoms with van der Waals surface area (Å²) in [4.78, 5) is 0. The predicted octanol–water partition coefficient (Wildman–Crippen LogP) is 3.32. The molecule has 1 N–H and O–H groups in total. The Hall–Kier alpha value is -1.26. The van der Waals surface area contributed by atoms with E-state index in [0.717, 1.165) is 25.8 Å². The van der Waals surface area contributed by atoms with Crippen LogP contribution in [0.5, 0.6) is 0 Å². The van der Waals surface area contributed by atoms with Crippen LogP contribution in [0, 0.1) is 18.8 Å². The highest BCUT2D eigenvalue weighted by molar-refractivity contribution is 5.26. The molecule has 0 radical (unpaired) electrons. The summed E-state index contributed by atoms with van der Waals surface area (Å²) in [7, 11) is 0. The number of benzene rings is 1. The second-order valence-electron chi connectivity index (χ2n) is 4.35. The minimum absolute atomic E-state index is 0.543. The number of likely N-dealkylation sites (N-methyl/N-ethyl adjacent to an activating group) is 1. The van der Waals surface area contributed by atoms with Gasteiger partial charge in [0.2, 0.25) is 0 Å². The fourth-order valence-corrected chi connectivity index (χ4v) is 2.04. The average Bonchev–Trinajstić information content (AvgIpc) is 2.32. The van der Waals surface area contributed by atoms with Crippen LogP contribution in [-0.2, 0) is 6.42 Å². The highest BCUT2D eigenvalue weighted by Crippen LogP contribution is 2.12. The zero-order valence-corrected chi connectivity index (χ0v) is 11.2. The third-order valence-electron chi connectivity index (χ3n) is 3.01. The molecule has 0 aromatic heterocycles. The van der Waals surface area contributed by atoms with Crippen molar-refractivity contribution in [1.29, 1.82) is 0 Å². The number of hydrogen-bond donors (Lipinski definition) is 1. The van der Waals surface area contributed by atoms with Gasteiger partial charge in [-0.2, -0.15) is 0 Å². The van der Waals surface area contributed by atoms with Gasteiger partial charge in [-0.3, -0.25) is 0 Å². The minimum atomic E-state index is 0.543. The van der Waals surface area contributed by atoms with E-state index in [4.69, 9.17) is 0 Å². The summed E-state index contributed by atoms with van der Waals surface area (Å²) < 4.78 is 0. The Kier molecular flexibility index (Phi) is 6.43. The molecular formula is C16H23N. The number of nitrogens with one attached hydrogen (secondary N) is 1. The van der Waals surface area contributed by atoms with E-state index in [1.54, 1.807) is 0 Å². The lowest BCUT2D eigenvalue weighted by atomic mass is 9.98. The van der Waals surface area contributed by atoms with E-state index < -0.39 is 0 Å². The molecule has 0 amide bonds. The maximum Gasteiger partial charge on any atom is 0.0116 e. The molecular weight excluding hydrogens is 206 g/mol. The van der Waals surface area contributed by atoms with Crippen LogP contribution in [-0.4, -0.2) is 12.6 Å². The Labute approximate surface area is 106 Å². The van der Waals surface area contributed by atoms with Crippen molar-refractivity contribution < 1.29 is 0 Å². The van der Waals surface area contributed by atoms with E-state index in [2.05, 4.69) is 55.3 Å². The second kappa shape index (κ2) is 7.92. The zero-order chi connectivity index (χ0) is 12.5. The first-order chi connectivity index (χ1) is 8.27. The van der Waals surface area contributed by atoms with Crippen molar-refractivity contribution in [3.8, 4) is 11.8 Å². The van der Waals surface area contributed by atoms with Crippen LogP contribution < -0.4 is 5.32 Å². The maximum atomic E-state index is 3.55. The highest BCUT2D eigenvalue weighted by Gasteiger charge is 2.08. The van der Waals surface area contributed by atoms with Crippen LogP contribution in [0.15, 0.2) is 24.3 Å². The molecule has 92 valence electrons. The van der Waals surface area contributed by atoms with Gasteiger partial charge in [0.1, 0.15) is 0 Å². The summed E-state index contributed by atoms with van der Waals surface area (Å²) >= 11 is 0. The van der Waals surface area contributed by atoms with E-state index in [0.29, 0.717) is 6.04 Å². The normalized spacial score (nSPS) is 11.7. The van der Waals surface area contributed by atoms with Crippen molar-refractivity contribution in [1.82, 2.24) is 5.32 Å². The Morgan fingerprint density at radius 3 is 2.71 bits per heavy atom. The summed E-state index contributed by atoms with van der Waals surface area (Å²) in [5, 5.41) is 3.55. The van der Waals surface area contributed by atoms with E-state index in [1.165, 1.54) is 11.1 Å². The molecule has 1 aromatic carbocycles. The third kappa shape index (κ3) is 5.06. The fraction of sp³-hybridized carbons (Fsp3) is 0.500. The topological polar surface area (TPSA) is 12.0 Å². The van der Waals surface area contributed by atoms with Gasteiger partial charge in [0.05, 0.1) is 0 Å². The first-order valence-electron chi connectivity index (χ1n) is 6.45. The Balaban J connectivity index is 2.58. The highest BCUT2D eigenvalue weighted by atomic mass is 14.9. The first kappa shape index (κ1) is 13.8. The smallest absolute Gasteiger partial charge is 0.0116 e. The largest absolute Gasteiger partial charge is 0.314 e. The molecule has 0 spiro atoms. The molecule has 0 fully saturated rings. The summed E-state index contributed by atoms with van der Waals surface area (Å²) in [6.07, 6.45) is 3.22. The summed E-state index contributed by atoms with van der Waals surface area (Å²) in [5.41, 5.74) is 2.83. The van der Waals surface area contributed by atoms with Gasteiger partial charge in [-0.05, 0) is 44.4 Å². The molecule has 0 aliphatic carbocycles. The molecule has 1 atom stereocenters. The van der Waals surface area contributed by atoms with Crippen molar-refractivity contribution in [2.45, 2.75) is 46.1 Å². The number of rotatable bonds is 6.